The van der Waals surface area contributed by atoms with Gasteiger partial charge in [-0.2, -0.15) is 0 Å². The molecule has 0 saturated carbocycles. The van der Waals surface area contributed by atoms with Gasteiger partial charge in [-0.15, -0.1) is 0 Å². The van der Waals surface area contributed by atoms with E-state index < -0.39 is 5.97 Å². The molecule has 0 bridgehead atoms. The van der Waals surface area contributed by atoms with Crippen LogP contribution in [-0.2, 0) is 29.0 Å². The van der Waals surface area contributed by atoms with Crippen molar-refractivity contribution < 1.29 is 14.3 Å². The van der Waals surface area contributed by atoms with Gasteiger partial charge in [0.15, 0.2) is 6.61 Å². The first-order chi connectivity index (χ1) is 14.6. The zero-order valence-electron chi connectivity index (χ0n) is 16.6. The van der Waals surface area contributed by atoms with Crippen LogP contribution in [0.5, 0.6) is 0 Å². The van der Waals surface area contributed by atoms with Gasteiger partial charge in [-0.3, -0.25) is 14.2 Å². The van der Waals surface area contributed by atoms with Crippen LogP contribution in [0.1, 0.15) is 41.0 Å². The summed E-state index contributed by atoms with van der Waals surface area (Å²) in [5.41, 5.74) is 1.64. The molecule has 4 rings (SSSR count). The summed E-state index contributed by atoms with van der Waals surface area (Å²) in [6.45, 7) is 0.676. The first-order valence-electron chi connectivity index (χ1n) is 10.1. The van der Waals surface area contributed by atoms with Gasteiger partial charge in [0, 0.05) is 19.5 Å². The summed E-state index contributed by atoms with van der Waals surface area (Å²) in [5, 5.41) is 3.19. The fourth-order valence-corrected chi connectivity index (χ4v) is 3.61. The maximum absolute atomic E-state index is 12.8. The van der Waals surface area contributed by atoms with E-state index in [4.69, 9.17) is 4.74 Å². The lowest BCUT2D eigenvalue weighted by Crippen LogP contribution is -2.28. The number of ether oxygens (including phenoxy) is 1. The van der Waals surface area contributed by atoms with E-state index in [1.54, 1.807) is 22.8 Å². The van der Waals surface area contributed by atoms with Crippen molar-refractivity contribution in [2.24, 2.45) is 0 Å². The van der Waals surface area contributed by atoms with E-state index in [-0.39, 0.29) is 23.6 Å². The zero-order valence-corrected chi connectivity index (χ0v) is 16.6. The Hall–Kier alpha value is -3.48. The highest BCUT2D eigenvalue weighted by Crippen LogP contribution is 2.16. The molecule has 3 aromatic rings. The minimum atomic E-state index is -0.622. The van der Waals surface area contributed by atoms with E-state index in [2.05, 4.69) is 10.3 Å². The molecule has 1 amide bonds. The molecule has 1 N–H and O–H groups in total. The van der Waals surface area contributed by atoms with E-state index in [1.807, 2.05) is 30.3 Å². The van der Waals surface area contributed by atoms with Gasteiger partial charge in [0.05, 0.1) is 16.5 Å². The van der Waals surface area contributed by atoms with Gasteiger partial charge < -0.3 is 10.1 Å². The summed E-state index contributed by atoms with van der Waals surface area (Å²) in [6.07, 6.45) is 3.79. The third-order valence-corrected chi connectivity index (χ3v) is 5.22. The number of amides is 1. The predicted octanol–water partition coefficient (Wildman–Crippen LogP) is 2.60. The Morgan fingerprint density at radius 3 is 2.73 bits per heavy atom. The first kappa shape index (κ1) is 19.8. The molecule has 30 heavy (non-hydrogen) atoms. The molecule has 0 radical (unpaired) electrons. The third-order valence-electron chi connectivity index (χ3n) is 5.22. The molecule has 1 aromatic heterocycles. The fourth-order valence-electron chi connectivity index (χ4n) is 3.61. The summed E-state index contributed by atoms with van der Waals surface area (Å²) in [7, 11) is 0. The number of esters is 1. The largest absolute Gasteiger partial charge is 0.452 e. The highest BCUT2D eigenvalue weighted by Gasteiger charge is 2.16. The van der Waals surface area contributed by atoms with Gasteiger partial charge in [0.2, 0.25) is 0 Å². The van der Waals surface area contributed by atoms with Crippen LogP contribution in [0.2, 0.25) is 0 Å². The first-order valence-corrected chi connectivity index (χ1v) is 10.1. The van der Waals surface area contributed by atoms with Gasteiger partial charge >= 0.3 is 5.97 Å². The smallest absolute Gasteiger partial charge is 0.338 e. The van der Waals surface area contributed by atoms with E-state index in [0.29, 0.717) is 24.0 Å². The Morgan fingerprint density at radius 2 is 1.90 bits per heavy atom. The minimum absolute atomic E-state index is 0.0721. The molecule has 7 nitrogen and oxygen atoms in total. The second-order valence-corrected chi connectivity index (χ2v) is 7.37. The number of carbonyl (C=O) groups is 2. The molecule has 7 heteroatoms. The van der Waals surface area contributed by atoms with Gasteiger partial charge in [-0.1, -0.05) is 36.8 Å². The molecule has 154 valence electrons. The number of hydrogen-bond donors (Lipinski definition) is 1. The second-order valence-electron chi connectivity index (χ2n) is 7.37. The van der Waals surface area contributed by atoms with Gasteiger partial charge in [-0.05, 0) is 36.6 Å². The summed E-state index contributed by atoms with van der Waals surface area (Å²) in [4.78, 5) is 41.7. The van der Waals surface area contributed by atoms with Gasteiger partial charge in [0.25, 0.3) is 11.5 Å². The standard InChI is InChI=1S/C23H23N3O4/c27-21(24-14-16-7-3-1-4-8-16)15-30-23(29)17-10-11-18-19(13-17)25-20-9-5-2-6-12-26(20)22(18)28/h1,3-4,7-8,10-11,13H,2,5-6,9,12,14-15H2,(H,24,27). The highest BCUT2D eigenvalue weighted by atomic mass is 16.5. The van der Waals surface area contributed by atoms with Gasteiger partial charge in [-0.25, -0.2) is 9.78 Å². The minimum Gasteiger partial charge on any atom is -0.452 e. The lowest BCUT2D eigenvalue weighted by Gasteiger charge is -2.11. The molecule has 0 aliphatic carbocycles. The van der Waals surface area contributed by atoms with E-state index >= 15 is 0 Å². The number of aromatic nitrogens is 2. The maximum atomic E-state index is 12.8. The Kier molecular flexibility index (Phi) is 5.88. The molecule has 0 atom stereocenters. The van der Waals surface area contributed by atoms with Crippen molar-refractivity contribution in [3.05, 3.63) is 75.8 Å². The molecule has 2 aromatic carbocycles. The number of hydrogen-bond acceptors (Lipinski definition) is 5. The number of rotatable bonds is 5. The average molecular weight is 405 g/mol. The van der Waals surface area contributed by atoms with E-state index in [9.17, 15) is 14.4 Å². The monoisotopic (exact) mass is 405 g/mol. The van der Waals surface area contributed by atoms with Crippen molar-refractivity contribution in [2.45, 2.75) is 38.8 Å². The Morgan fingerprint density at radius 1 is 1.07 bits per heavy atom. The summed E-state index contributed by atoms with van der Waals surface area (Å²) in [5.74, 6) is -0.242. The molecule has 0 unspecified atom stereocenters. The summed E-state index contributed by atoms with van der Waals surface area (Å²) < 4.78 is 6.87. The van der Waals surface area contributed by atoms with Crippen molar-refractivity contribution in [3.8, 4) is 0 Å². The molecule has 2 heterocycles. The number of aryl methyl sites for hydroxylation is 1. The number of nitrogens with zero attached hydrogens (tertiary/aromatic N) is 2. The average Bonchev–Trinajstić information content (AvgIpc) is 3.02. The van der Waals surface area contributed by atoms with Crippen molar-refractivity contribution in [3.63, 3.8) is 0 Å². The van der Waals surface area contributed by atoms with Crippen LogP contribution in [0.3, 0.4) is 0 Å². The van der Waals surface area contributed by atoms with Crippen LogP contribution in [0, 0.1) is 0 Å². The van der Waals surface area contributed by atoms with E-state index in [1.165, 1.54) is 0 Å². The molecular formula is C23H23N3O4. The number of carbonyl (C=O) groups excluding carboxylic acids is 2. The molecule has 0 fully saturated rings. The van der Waals surface area contributed by atoms with Crippen molar-refractivity contribution >= 4 is 22.8 Å². The number of benzene rings is 2. The van der Waals surface area contributed by atoms with Crippen LogP contribution < -0.4 is 10.9 Å². The van der Waals surface area contributed by atoms with Crippen LogP contribution in [-0.4, -0.2) is 28.0 Å². The summed E-state index contributed by atoms with van der Waals surface area (Å²) in [6, 6.07) is 14.2. The van der Waals surface area contributed by atoms with Crippen molar-refractivity contribution in [1.29, 1.82) is 0 Å². The molecular weight excluding hydrogens is 382 g/mol. The Balaban J connectivity index is 1.43. The predicted molar refractivity (Wildman–Crippen MR) is 112 cm³/mol. The maximum Gasteiger partial charge on any atom is 0.338 e. The Bertz CT molecular complexity index is 1140. The van der Waals surface area contributed by atoms with Crippen molar-refractivity contribution in [1.82, 2.24) is 14.9 Å². The zero-order chi connectivity index (χ0) is 20.9. The molecule has 0 spiro atoms. The fraction of sp³-hybridized carbons (Fsp3) is 0.304. The quantitative estimate of drug-likeness (QED) is 0.659. The van der Waals surface area contributed by atoms with Crippen molar-refractivity contribution in [2.75, 3.05) is 6.61 Å². The van der Waals surface area contributed by atoms with Gasteiger partial charge in [0.1, 0.15) is 5.82 Å². The van der Waals surface area contributed by atoms with E-state index in [0.717, 1.165) is 37.1 Å². The highest BCUT2D eigenvalue weighted by molar-refractivity contribution is 5.95. The lowest BCUT2D eigenvalue weighted by molar-refractivity contribution is -0.124. The lowest BCUT2D eigenvalue weighted by atomic mass is 10.1. The molecule has 0 saturated heterocycles. The third kappa shape index (κ3) is 4.40. The topological polar surface area (TPSA) is 90.3 Å². The molecule has 1 aliphatic heterocycles. The SMILES string of the molecule is O=C(COC(=O)c1ccc2c(=O)n3c(nc2c1)CCCCC3)NCc1ccccc1. The Labute approximate surface area is 173 Å². The van der Waals surface area contributed by atoms with Crippen LogP contribution in [0.15, 0.2) is 53.3 Å². The summed E-state index contributed by atoms with van der Waals surface area (Å²) >= 11 is 0. The number of nitrogens with one attached hydrogen (secondary N) is 1. The van der Waals surface area contributed by atoms with Crippen LogP contribution in [0.4, 0.5) is 0 Å². The van der Waals surface area contributed by atoms with Crippen LogP contribution >= 0.6 is 0 Å². The normalized spacial score (nSPS) is 13.3. The second kappa shape index (κ2) is 8.90. The number of fused-ring (bicyclic) bond motifs is 2. The molecule has 1 aliphatic rings. The van der Waals surface area contributed by atoms with Crippen LogP contribution in [0.25, 0.3) is 10.9 Å².